The second-order valence-corrected chi connectivity index (χ2v) is 7.45. The van der Waals surface area contributed by atoms with Gasteiger partial charge in [-0.3, -0.25) is 4.79 Å². The molecule has 7 heteroatoms. The van der Waals surface area contributed by atoms with Gasteiger partial charge < -0.3 is 11.1 Å². The second-order valence-electron chi connectivity index (χ2n) is 4.48. The molecule has 0 aliphatic heterocycles. The number of carbonyl (C=O) groups is 1. The number of anilines is 2. The Morgan fingerprint density at radius 1 is 1.39 bits per heavy atom. The molecule has 0 unspecified atom stereocenters. The number of sulfone groups is 1. The van der Waals surface area contributed by atoms with Gasteiger partial charge in [-0.05, 0) is 32.0 Å². The lowest BCUT2D eigenvalue weighted by Crippen LogP contribution is -2.43. The molecule has 1 amide bonds. The van der Waals surface area contributed by atoms with Crippen molar-refractivity contribution in [3.05, 3.63) is 23.2 Å². The average molecular weight is 291 g/mol. The van der Waals surface area contributed by atoms with Crippen molar-refractivity contribution in [3.63, 3.8) is 0 Å². The van der Waals surface area contributed by atoms with Gasteiger partial charge >= 0.3 is 0 Å². The van der Waals surface area contributed by atoms with Crippen LogP contribution in [0.2, 0.25) is 5.02 Å². The Balaban J connectivity index is 3.02. The number of nitrogens with one attached hydrogen (secondary N) is 1. The fourth-order valence-electron chi connectivity index (χ4n) is 1.07. The van der Waals surface area contributed by atoms with Gasteiger partial charge in [0.05, 0.1) is 10.7 Å². The highest BCUT2D eigenvalue weighted by Gasteiger charge is 2.38. The molecule has 5 nitrogen and oxygen atoms in total. The number of hydrogen-bond acceptors (Lipinski definition) is 4. The van der Waals surface area contributed by atoms with Crippen LogP contribution < -0.4 is 11.1 Å². The molecule has 0 fully saturated rings. The first kappa shape index (κ1) is 14.8. The van der Waals surface area contributed by atoms with E-state index in [0.29, 0.717) is 11.4 Å². The van der Waals surface area contributed by atoms with E-state index in [1.165, 1.54) is 26.0 Å². The largest absolute Gasteiger partial charge is 0.399 e. The van der Waals surface area contributed by atoms with E-state index in [1.54, 1.807) is 6.07 Å². The first-order valence-electron chi connectivity index (χ1n) is 5.12. The molecule has 0 aromatic heterocycles. The van der Waals surface area contributed by atoms with Crippen molar-refractivity contribution in [2.24, 2.45) is 0 Å². The molecule has 0 saturated carbocycles. The van der Waals surface area contributed by atoms with Gasteiger partial charge in [0.1, 0.15) is 4.75 Å². The third-order valence-electron chi connectivity index (χ3n) is 2.72. The number of nitrogens with two attached hydrogens (primary N) is 1. The SMILES string of the molecule is CC(C)(C(=O)Nc1ccc(N)cc1Cl)S(C)(=O)=O. The van der Waals surface area contributed by atoms with Crippen molar-refractivity contribution in [2.75, 3.05) is 17.3 Å². The Bertz CT molecular complexity index is 582. The summed E-state index contributed by atoms with van der Waals surface area (Å²) >= 11 is 5.89. The lowest BCUT2D eigenvalue weighted by Gasteiger charge is -2.21. The van der Waals surface area contributed by atoms with Crippen LogP contribution in [0, 0.1) is 0 Å². The van der Waals surface area contributed by atoms with Gasteiger partial charge in [-0.25, -0.2) is 8.42 Å². The van der Waals surface area contributed by atoms with E-state index >= 15 is 0 Å². The van der Waals surface area contributed by atoms with Gasteiger partial charge in [-0.2, -0.15) is 0 Å². The molecular weight excluding hydrogens is 276 g/mol. The second kappa shape index (κ2) is 4.78. The predicted octanol–water partition coefficient (Wildman–Crippen LogP) is 1.68. The summed E-state index contributed by atoms with van der Waals surface area (Å²) in [5.41, 5.74) is 6.31. The fourth-order valence-corrected chi connectivity index (χ4v) is 1.70. The van der Waals surface area contributed by atoms with Crippen LogP contribution in [0.3, 0.4) is 0 Å². The van der Waals surface area contributed by atoms with E-state index in [-0.39, 0.29) is 5.02 Å². The standard InChI is InChI=1S/C11H15ClN2O3S/c1-11(2,18(3,16)17)10(15)14-9-5-4-7(13)6-8(9)12/h4-6H,13H2,1-3H3,(H,14,15). The number of hydrogen-bond donors (Lipinski definition) is 2. The summed E-state index contributed by atoms with van der Waals surface area (Å²) in [6.07, 6.45) is 1.01. The topological polar surface area (TPSA) is 89.3 Å². The van der Waals surface area contributed by atoms with E-state index in [1.807, 2.05) is 0 Å². The van der Waals surface area contributed by atoms with Gasteiger partial charge in [-0.1, -0.05) is 11.6 Å². The summed E-state index contributed by atoms with van der Waals surface area (Å²) in [4.78, 5) is 11.9. The van der Waals surface area contributed by atoms with Gasteiger partial charge in [-0.15, -0.1) is 0 Å². The van der Waals surface area contributed by atoms with Crippen LogP contribution in [-0.2, 0) is 14.6 Å². The molecule has 1 aromatic carbocycles. The fraction of sp³-hybridized carbons (Fsp3) is 0.364. The monoisotopic (exact) mass is 290 g/mol. The number of amides is 1. The molecule has 0 bridgehead atoms. The quantitative estimate of drug-likeness (QED) is 0.829. The number of halogens is 1. The first-order chi connectivity index (χ1) is 8.05. The summed E-state index contributed by atoms with van der Waals surface area (Å²) in [6.45, 7) is 2.67. The van der Waals surface area contributed by atoms with Gasteiger partial charge in [0.25, 0.3) is 0 Å². The Hall–Kier alpha value is -1.27. The molecule has 0 atom stereocenters. The van der Waals surface area contributed by atoms with Crippen LogP contribution in [0.5, 0.6) is 0 Å². The molecular formula is C11H15ClN2O3S. The van der Waals surface area contributed by atoms with Crippen molar-refractivity contribution in [1.82, 2.24) is 0 Å². The first-order valence-corrected chi connectivity index (χ1v) is 7.38. The van der Waals surface area contributed by atoms with Crippen LogP contribution in [0.1, 0.15) is 13.8 Å². The number of nitrogen functional groups attached to an aromatic ring is 1. The zero-order chi connectivity index (χ0) is 14.1. The normalized spacial score (nSPS) is 12.2. The molecule has 0 spiro atoms. The molecule has 0 saturated heterocycles. The van der Waals surface area contributed by atoms with Crippen LogP contribution in [0.25, 0.3) is 0 Å². The summed E-state index contributed by atoms with van der Waals surface area (Å²) in [5, 5.41) is 2.74. The van der Waals surface area contributed by atoms with E-state index in [0.717, 1.165) is 6.26 Å². The van der Waals surface area contributed by atoms with Crippen LogP contribution >= 0.6 is 11.6 Å². The van der Waals surface area contributed by atoms with Gasteiger partial charge in [0.2, 0.25) is 5.91 Å². The summed E-state index contributed by atoms with van der Waals surface area (Å²) in [5.74, 6) is -0.642. The molecule has 1 rings (SSSR count). The molecule has 100 valence electrons. The third kappa shape index (κ3) is 2.94. The molecule has 0 aliphatic rings. The van der Waals surface area contributed by atoms with Gasteiger partial charge in [0, 0.05) is 11.9 Å². The third-order valence-corrected chi connectivity index (χ3v) is 5.07. The van der Waals surface area contributed by atoms with Crippen molar-refractivity contribution in [2.45, 2.75) is 18.6 Å². The minimum Gasteiger partial charge on any atom is -0.399 e. The van der Waals surface area contributed by atoms with Crippen LogP contribution in [0.15, 0.2) is 18.2 Å². The maximum atomic E-state index is 11.9. The molecule has 0 radical (unpaired) electrons. The minimum atomic E-state index is -3.52. The van der Waals surface area contributed by atoms with Crippen molar-refractivity contribution >= 4 is 38.7 Å². The van der Waals surface area contributed by atoms with Crippen molar-refractivity contribution in [1.29, 1.82) is 0 Å². The highest BCUT2D eigenvalue weighted by molar-refractivity contribution is 7.92. The maximum Gasteiger partial charge on any atom is 0.245 e. The number of rotatable bonds is 3. The Morgan fingerprint density at radius 2 is 1.94 bits per heavy atom. The van der Waals surface area contributed by atoms with Crippen molar-refractivity contribution in [3.8, 4) is 0 Å². The number of carbonyl (C=O) groups excluding carboxylic acids is 1. The van der Waals surface area contributed by atoms with E-state index < -0.39 is 20.5 Å². The smallest absolute Gasteiger partial charge is 0.245 e. The van der Waals surface area contributed by atoms with Crippen LogP contribution in [0.4, 0.5) is 11.4 Å². The highest BCUT2D eigenvalue weighted by atomic mass is 35.5. The zero-order valence-corrected chi connectivity index (χ0v) is 11.9. The maximum absolute atomic E-state index is 11.9. The van der Waals surface area contributed by atoms with E-state index in [4.69, 9.17) is 17.3 Å². The molecule has 0 heterocycles. The number of benzene rings is 1. The lowest BCUT2D eigenvalue weighted by molar-refractivity contribution is -0.117. The molecule has 18 heavy (non-hydrogen) atoms. The van der Waals surface area contributed by atoms with E-state index in [2.05, 4.69) is 5.32 Å². The minimum absolute atomic E-state index is 0.257. The Kier molecular flexibility index (Phi) is 3.92. The summed E-state index contributed by atoms with van der Waals surface area (Å²) in [7, 11) is -3.52. The zero-order valence-electron chi connectivity index (χ0n) is 10.3. The molecule has 3 N–H and O–H groups in total. The Morgan fingerprint density at radius 3 is 2.39 bits per heavy atom. The predicted molar refractivity (Wildman–Crippen MR) is 73.4 cm³/mol. The Labute approximate surface area is 111 Å². The van der Waals surface area contributed by atoms with E-state index in [9.17, 15) is 13.2 Å². The summed E-state index contributed by atoms with van der Waals surface area (Å²) < 4.78 is 21.5. The lowest BCUT2D eigenvalue weighted by atomic mass is 10.2. The summed E-state index contributed by atoms with van der Waals surface area (Å²) in [6, 6.07) is 4.56. The highest BCUT2D eigenvalue weighted by Crippen LogP contribution is 2.26. The van der Waals surface area contributed by atoms with Crippen molar-refractivity contribution < 1.29 is 13.2 Å². The molecule has 0 aliphatic carbocycles. The van der Waals surface area contributed by atoms with Gasteiger partial charge in [0.15, 0.2) is 9.84 Å². The van der Waals surface area contributed by atoms with Crippen LogP contribution in [-0.4, -0.2) is 25.3 Å². The molecule has 1 aromatic rings. The average Bonchev–Trinajstić information content (AvgIpc) is 2.20.